The normalized spacial score (nSPS) is 14.0. The number of piperazine rings is 1. The van der Waals surface area contributed by atoms with Gasteiger partial charge in [0, 0.05) is 36.9 Å². The third-order valence-corrected chi connectivity index (χ3v) is 7.85. The van der Waals surface area contributed by atoms with Crippen molar-refractivity contribution < 1.29 is 17.9 Å². The Balaban J connectivity index is 1.29. The summed E-state index contributed by atoms with van der Waals surface area (Å²) in [5.41, 5.74) is 1.32. The first kappa shape index (κ1) is 25.4. The highest BCUT2D eigenvalue weighted by Gasteiger charge is 2.22. The molecule has 0 saturated carbocycles. The van der Waals surface area contributed by atoms with Gasteiger partial charge in [0.15, 0.2) is 6.61 Å². The molecule has 7 nitrogen and oxygen atoms in total. The molecule has 0 atom stereocenters. The van der Waals surface area contributed by atoms with E-state index >= 15 is 0 Å². The predicted molar refractivity (Wildman–Crippen MR) is 139 cm³/mol. The molecule has 0 bridgehead atoms. The fourth-order valence-corrected chi connectivity index (χ4v) is 5.14. The van der Waals surface area contributed by atoms with E-state index in [1.807, 2.05) is 24.3 Å². The number of amides is 1. The zero-order valence-electron chi connectivity index (χ0n) is 18.5. The smallest absolute Gasteiger partial charge is 0.261 e. The molecule has 1 amide bonds. The molecular formula is C24H22Cl3N3O4S. The number of nitrogens with zero attached hydrogens (tertiary/aromatic N) is 2. The number of rotatable bonds is 7. The maximum Gasteiger partial charge on any atom is 0.261 e. The molecule has 35 heavy (non-hydrogen) atoms. The number of ether oxygens (including phenoxy) is 1. The van der Waals surface area contributed by atoms with Crippen LogP contribution in [-0.2, 0) is 14.8 Å². The lowest BCUT2D eigenvalue weighted by Crippen LogP contribution is -2.50. The summed E-state index contributed by atoms with van der Waals surface area (Å²) >= 11 is 17.9. The van der Waals surface area contributed by atoms with Crippen LogP contribution in [-0.4, -0.2) is 52.0 Å². The highest BCUT2D eigenvalue weighted by atomic mass is 35.5. The number of anilines is 2. The number of carbonyl (C=O) groups is 1. The number of hydrogen-bond acceptors (Lipinski definition) is 5. The van der Waals surface area contributed by atoms with E-state index in [1.54, 1.807) is 4.90 Å². The number of nitrogens with one attached hydrogen (secondary N) is 1. The van der Waals surface area contributed by atoms with Crippen molar-refractivity contribution in [2.24, 2.45) is 0 Å². The largest absolute Gasteiger partial charge is 0.484 e. The van der Waals surface area contributed by atoms with Crippen LogP contribution in [0.2, 0.25) is 15.1 Å². The van der Waals surface area contributed by atoms with Crippen molar-refractivity contribution in [2.45, 2.75) is 4.90 Å². The molecular weight excluding hydrogens is 533 g/mol. The lowest BCUT2D eigenvalue weighted by Gasteiger charge is -2.36. The van der Waals surface area contributed by atoms with Crippen molar-refractivity contribution in [3.63, 3.8) is 0 Å². The zero-order valence-corrected chi connectivity index (χ0v) is 21.5. The quantitative estimate of drug-likeness (QED) is 0.436. The summed E-state index contributed by atoms with van der Waals surface area (Å²) < 4.78 is 33.3. The van der Waals surface area contributed by atoms with Gasteiger partial charge in [-0.3, -0.25) is 9.52 Å². The maximum absolute atomic E-state index is 12.6. The zero-order chi connectivity index (χ0) is 25.0. The molecule has 1 fully saturated rings. The SMILES string of the molecule is O=C(COc1ccc(S(=O)(=O)Nc2ccc(Cl)c(Cl)c2)cc1)N1CCN(c2cccc(Cl)c2)CC1. The highest BCUT2D eigenvalue weighted by Crippen LogP contribution is 2.27. The van der Waals surface area contributed by atoms with E-state index in [1.165, 1.54) is 42.5 Å². The molecule has 3 aromatic carbocycles. The maximum atomic E-state index is 12.6. The number of hydrogen-bond donors (Lipinski definition) is 1. The van der Waals surface area contributed by atoms with Crippen LogP contribution in [0.1, 0.15) is 0 Å². The summed E-state index contributed by atoms with van der Waals surface area (Å²) in [5.74, 6) is 0.262. The lowest BCUT2D eigenvalue weighted by atomic mass is 10.2. The second kappa shape index (κ2) is 11.0. The first-order valence-electron chi connectivity index (χ1n) is 10.7. The van der Waals surface area contributed by atoms with E-state index in [4.69, 9.17) is 39.5 Å². The summed E-state index contributed by atoms with van der Waals surface area (Å²) in [6.45, 7) is 2.41. The van der Waals surface area contributed by atoms with Gasteiger partial charge < -0.3 is 14.5 Å². The average Bonchev–Trinajstić information content (AvgIpc) is 2.85. The third-order valence-electron chi connectivity index (χ3n) is 5.47. The van der Waals surface area contributed by atoms with E-state index in [-0.39, 0.29) is 22.4 Å². The topological polar surface area (TPSA) is 78.9 Å². The number of carbonyl (C=O) groups excluding carboxylic acids is 1. The minimum absolute atomic E-state index is 0.0411. The molecule has 1 aliphatic heterocycles. The monoisotopic (exact) mass is 553 g/mol. The third kappa shape index (κ3) is 6.52. The minimum atomic E-state index is -3.83. The van der Waals surface area contributed by atoms with Gasteiger partial charge in [0.25, 0.3) is 15.9 Å². The van der Waals surface area contributed by atoms with E-state index < -0.39 is 10.0 Å². The second-order valence-electron chi connectivity index (χ2n) is 7.84. The van der Waals surface area contributed by atoms with Gasteiger partial charge in [-0.2, -0.15) is 0 Å². The Labute approximate surface area is 219 Å². The van der Waals surface area contributed by atoms with Gasteiger partial charge in [0.2, 0.25) is 0 Å². The molecule has 1 N–H and O–H groups in total. The van der Waals surface area contributed by atoms with E-state index in [0.717, 1.165) is 5.69 Å². The van der Waals surface area contributed by atoms with Crippen LogP contribution < -0.4 is 14.4 Å². The molecule has 0 aliphatic carbocycles. The Morgan fingerprint density at radius 1 is 0.886 bits per heavy atom. The summed E-state index contributed by atoms with van der Waals surface area (Å²) in [7, 11) is -3.83. The molecule has 184 valence electrons. The standard InChI is InChI=1S/C24H22Cl3N3O4S/c25-17-2-1-3-19(14-17)29-10-12-30(13-11-29)24(31)16-34-20-5-7-21(8-6-20)35(32,33)28-18-4-9-22(26)23(27)15-18/h1-9,14-15,28H,10-13,16H2. The molecule has 3 aromatic rings. The Morgan fingerprint density at radius 3 is 2.26 bits per heavy atom. The summed E-state index contributed by atoms with van der Waals surface area (Å²) in [6, 6.07) is 17.9. The van der Waals surface area contributed by atoms with Crippen LogP contribution in [0, 0.1) is 0 Å². The van der Waals surface area contributed by atoms with Crippen molar-refractivity contribution in [3.05, 3.63) is 81.8 Å². The van der Waals surface area contributed by atoms with Crippen molar-refractivity contribution >= 4 is 62.1 Å². The van der Waals surface area contributed by atoms with Crippen LogP contribution in [0.5, 0.6) is 5.75 Å². The fraction of sp³-hybridized carbons (Fsp3) is 0.208. The van der Waals surface area contributed by atoms with E-state index in [0.29, 0.717) is 47.7 Å². The van der Waals surface area contributed by atoms with Gasteiger partial charge in [0.1, 0.15) is 5.75 Å². The molecule has 0 unspecified atom stereocenters. The summed E-state index contributed by atoms with van der Waals surface area (Å²) in [4.78, 5) is 16.6. The van der Waals surface area contributed by atoms with Crippen LogP contribution in [0.15, 0.2) is 71.6 Å². The molecule has 11 heteroatoms. The van der Waals surface area contributed by atoms with Crippen LogP contribution >= 0.6 is 34.8 Å². The molecule has 1 aliphatic rings. The summed E-state index contributed by atoms with van der Waals surface area (Å²) in [5, 5.41) is 1.25. The first-order chi connectivity index (χ1) is 16.7. The Bertz CT molecular complexity index is 1310. The first-order valence-corrected chi connectivity index (χ1v) is 13.3. The number of sulfonamides is 1. The molecule has 4 rings (SSSR count). The van der Waals surface area contributed by atoms with Gasteiger partial charge in [-0.15, -0.1) is 0 Å². The van der Waals surface area contributed by atoms with Crippen LogP contribution in [0.4, 0.5) is 11.4 Å². The second-order valence-corrected chi connectivity index (χ2v) is 10.8. The molecule has 0 aromatic heterocycles. The molecule has 1 heterocycles. The highest BCUT2D eigenvalue weighted by molar-refractivity contribution is 7.92. The Hall–Kier alpha value is -2.65. The van der Waals surface area contributed by atoms with Gasteiger partial charge >= 0.3 is 0 Å². The van der Waals surface area contributed by atoms with E-state index in [2.05, 4.69) is 9.62 Å². The van der Waals surface area contributed by atoms with Gasteiger partial charge in [0.05, 0.1) is 20.6 Å². The lowest BCUT2D eigenvalue weighted by molar-refractivity contribution is -0.133. The van der Waals surface area contributed by atoms with Crippen molar-refractivity contribution in [2.75, 3.05) is 42.4 Å². The average molecular weight is 555 g/mol. The van der Waals surface area contributed by atoms with Gasteiger partial charge in [-0.1, -0.05) is 40.9 Å². The van der Waals surface area contributed by atoms with Crippen molar-refractivity contribution in [3.8, 4) is 5.75 Å². The molecule has 0 radical (unpaired) electrons. The van der Waals surface area contributed by atoms with E-state index in [9.17, 15) is 13.2 Å². The summed E-state index contributed by atoms with van der Waals surface area (Å²) in [6.07, 6.45) is 0. The Kier molecular flexibility index (Phi) is 7.96. The van der Waals surface area contributed by atoms with Gasteiger partial charge in [-0.05, 0) is 60.7 Å². The van der Waals surface area contributed by atoms with Gasteiger partial charge in [-0.25, -0.2) is 8.42 Å². The molecule has 0 spiro atoms. The van der Waals surface area contributed by atoms with Crippen LogP contribution in [0.25, 0.3) is 0 Å². The molecule has 1 saturated heterocycles. The fourth-order valence-electron chi connectivity index (χ4n) is 3.61. The minimum Gasteiger partial charge on any atom is -0.484 e. The number of benzene rings is 3. The Morgan fingerprint density at radius 2 is 1.60 bits per heavy atom. The van der Waals surface area contributed by atoms with Crippen molar-refractivity contribution in [1.82, 2.24) is 4.90 Å². The van der Waals surface area contributed by atoms with Crippen molar-refractivity contribution in [1.29, 1.82) is 0 Å². The van der Waals surface area contributed by atoms with Crippen LogP contribution in [0.3, 0.4) is 0 Å². The number of halogens is 3. The predicted octanol–water partition coefficient (Wildman–Crippen LogP) is 5.18.